The summed E-state index contributed by atoms with van der Waals surface area (Å²) >= 11 is 0. The zero-order chi connectivity index (χ0) is 25.0. The van der Waals surface area contributed by atoms with Crippen LogP contribution in [-0.2, 0) is 24.6 Å². The first-order valence-corrected chi connectivity index (χ1v) is 12.4. The molecule has 0 bridgehead atoms. The normalized spacial score (nSPS) is 34.1. The average molecular weight is 493 g/mol. The van der Waals surface area contributed by atoms with E-state index < -0.39 is 28.7 Å². The second-order valence-corrected chi connectivity index (χ2v) is 10.1. The van der Waals surface area contributed by atoms with Gasteiger partial charge in [0.2, 0.25) is 0 Å². The number of nitrogens with one attached hydrogen (secondary N) is 1. The number of esters is 1. The highest BCUT2D eigenvalue weighted by Crippen LogP contribution is 2.63. The third-order valence-electron chi connectivity index (χ3n) is 8.79. The van der Waals surface area contributed by atoms with E-state index in [1.807, 2.05) is 0 Å². The van der Waals surface area contributed by atoms with E-state index in [2.05, 4.69) is 17.1 Å². The number of piperidine rings is 2. The molecule has 4 heterocycles. The Morgan fingerprint density at radius 3 is 2.77 bits per heavy atom. The van der Waals surface area contributed by atoms with Crippen LogP contribution in [-0.4, -0.2) is 63.5 Å². The lowest BCUT2D eigenvalue weighted by Crippen LogP contribution is -2.73. The van der Waals surface area contributed by atoms with Crippen molar-refractivity contribution in [1.29, 1.82) is 0 Å². The number of fused-ring (bicyclic) bond motifs is 2. The summed E-state index contributed by atoms with van der Waals surface area (Å²) in [5.41, 5.74) is -0.376. The molecule has 9 heteroatoms. The van der Waals surface area contributed by atoms with Gasteiger partial charge in [0, 0.05) is 31.8 Å². The minimum absolute atomic E-state index is 0.0412. The molecule has 7 nitrogen and oxygen atoms in total. The van der Waals surface area contributed by atoms with Crippen LogP contribution >= 0.6 is 0 Å². The number of methoxy groups -OCH3 is 3. The summed E-state index contributed by atoms with van der Waals surface area (Å²) in [6.07, 6.45) is 5.15. The van der Waals surface area contributed by atoms with Crippen molar-refractivity contribution in [3.8, 4) is 5.75 Å². The monoisotopic (exact) mass is 492 g/mol. The summed E-state index contributed by atoms with van der Waals surface area (Å²) < 4.78 is 52.5. The van der Waals surface area contributed by atoms with Crippen molar-refractivity contribution >= 4 is 11.7 Å². The van der Waals surface area contributed by atoms with Crippen molar-refractivity contribution in [3.05, 3.63) is 35.1 Å². The molecule has 1 N–H and O–H groups in total. The summed E-state index contributed by atoms with van der Waals surface area (Å²) in [7, 11) is 4.31. The molecule has 192 valence electrons. The molecule has 4 aliphatic heterocycles. The summed E-state index contributed by atoms with van der Waals surface area (Å²) in [6.45, 7) is 4.14. The number of rotatable bonds is 5. The molecule has 1 aromatic rings. The van der Waals surface area contributed by atoms with Gasteiger partial charge in [-0.15, -0.1) is 0 Å². The van der Waals surface area contributed by atoms with Crippen molar-refractivity contribution in [2.75, 3.05) is 46.3 Å². The van der Waals surface area contributed by atoms with Gasteiger partial charge in [-0.3, -0.25) is 4.90 Å². The molecule has 35 heavy (non-hydrogen) atoms. The van der Waals surface area contributed by atoms with E-state index in [0.29, 0.717) is 30.6 Å². The average Bonchev–Trinajstić information content (AvgIpc) is 3.19. The number of nitrogens with zero attached hydrogens (tertiary/aromatic N) is 1. The standard InChI is InChI=1S/C26H34F2N2O5/c1-5-15-13-30-9-8-26-21-22(18(27)12-19(28)23(21)33-3)29-25(26,7-6-10-35-26)20(30)11-16(15)17(14-32-2)24(31)34-4/h12,14-16,20,29H,5-11,13H2,1-4H3/b17-14+/t15-,16+,20+,25+,26-/m0/s1. The Morgan fingerprint density at radius 1 is 1.29 bits per heavy atom. The third kappa shape index (κ3) is 3.30. The van der Waals surface area contributed by atoms with Crippen molar-refractivity contribution in [2.24, 2.45) is 11.8 Å². The van der Waals surface area contributed by atoms with Crippen LogP contribution in [0.4, 0.5) is 14.5 Å². The van der Waals surface area contributed by atoms with E-state index in [1.165, 1.54) is 27.6 Å². The quantitative estimate of drug-likeness (QED) is 0.379. The van der Waals surface area contributed by atoms with Crippen LogP contribution in [0.1, 0.15) is 44.6 Å². The summed E-state index contributed by atoms with van der Waals surface area (Å²) in [5.74, 6) is -1.60. The highest BCUT2D eigenvalue weighted by Gasteiger charge is 2.69. The molecule has 0 spiro atoms. The predicted octanol–water partition coefficient (Wildman–Crippen LogP) is 3.97. The molecule has 0 radical (unpaired) electrons. The zero-order valence-corrected chi connectivity index (χ0v) is 20.8. The van der Waals surface area contributed by atoms with Crippen molar-refractivity contribution < 1.29 is 32.5 Å². The van der Waals surface area contributed by atoms with E-state index in [1.54, 1.807) is 0 Å². The van der Waals surface area contributed by atoms with E-state index >= 15 is 4.39 Å². The van der Waals surface area contributed by atoms with Gasteiger partial charge < -0.3 is 24.3 Å². The maximum atomic E-state index is 15.2. The number of halogens is 2. The number of hydrogen-bond donors (Lipinski definition) is 1. The number of anilines is 1. The molecule has 0 aromatic heterocycles. The van der Waals surface area contributed by atoms with Gasteiger partial charge in [0.1, 0.15) is 11.4 Å². The highest BCUT2D eigenvalue weighted by atomic mass is 19.1. The summed E-state index contributed by atoms with van der Waals surface area (Å²) in [6, 6.07) is 0.806. The van der Waals surface area contributed by atoms with Gasteiger partial charge in [0.25, 0.3) is 0 Å². The van der Waals surface area contributed by atoms with E-state index in [9.17, 15) is 9.18 Å². The van der Waals surface area contributed by atoms with Gasteiger partial charge in [-0.1, -0.05) is 13.3 Å². The number of ether oxygens (including phenoxy) is 4. The molecule has 0 saturated carbocycles. The number of carbonyl (C=O) groups is 1. The molecule has 0 unspecified atom stereocenters. The van der Waals surface area contributed by atoms with Gasteiger partial charge in [0.05, 0.1) is 50.0 Å². The minimum atomic E-state index is -0.921. The lowest BCUT2D eigenvalue weighted by atomic mass is 9.60. The number of benzene rings is 1. The Bertz CT molecular complexity index is 1050. The largest absolute Gasteiger partial charge is 0.504 e. The molecule has 3 fully saturated rings. The molecule has 4 aliphatic rings. The van der Waals surface area contributed by atoms with Crippen LogP contribution in [0.15, 0.2) is 17.9 Å². The Hall–Kier alpha value is -2.39. The van der Waals surface area contributed by atoms with E-state index in [0.717, 1.165) is 38.4 Å². The Balaban J connectivity index is 1.64. The first-order valence-electron chi connectivity index (χ1n) is 12.4. The van der Waals surface area contributed by atoms with Gasteiger partial charge in [0.15, 0.2) is 11.6 Å². The summed E-state index contributed by atoms with van der Waals surface area (Å²) in [5, 5.41) is 3.52. The minimum Gasteiger partial charge on any atom is -0.504 e. The van der Waals surface area contributed by atoms with Gasteiger partial charge in [-0.2, -0.15) is 0 Å². The van der Waals surface area contributed by atoms with Crippen LogP contribution < -0.4 is 10.1 Å². The van der Waals surface area contributed by atoms with Crippen molar-refractivity contribution in [1.82, 2.24) is 4.90 Å². The Kier molecular flexibility index (Phi) is 6.20. The van der Waals surface area contributed by atoms with Crippen molar-refractivity contribution in [2.45, 2.75) is 56.2 Å². The fraction of sp³-hybridized carbons (Fsp3) is 0.654. The smallest absolute Gasteiger partial charge is 0.337 e. The zero-order valence-electron chi connectivity index (χ0n) is 20.8. The highest BCUT2D eigenvalue weighted by molar-refractivity contribution is 5.88. The van der Waals surface area contributed by atoms with E-state index in [-0.39, 0.29) is 29.3 Å². The first kappa shape index (κ1) is 24.3. The molecule has 1 aromatic carbocycles. The van der Waals surface area contributed by atoms with Gasteiger partial charge in [-0.25, -0.2) is 13.6 Å². The first-order chi connectivity index (χ1) is 16.9. The van der Waals surface area contributed by atoms with E-state index in [4.69, 9.17) is 18.9 Å². The molecular formula is C26H34F2N2O5. The SMILES string of the molecule is CC[C@H]1CN2CC[C@@]34OCCC[C@@]3(Nc3c(F)cc(F)c(OC)c34)[C@H]2C[C@H]1/C(=C\OC)C(=O)OC. The van der Waals surface area contributed by atoms with Gasteiger partial charge >= 0.3 is 5.97 Å². The fourth-order valence-corrected chi connectivity index (χ4v) is 7.38. The predicted molar refractivity (Wildman–Crippen MR) is 125 cm³/mol. The second kappa shape index (κ2) is 8.92. The molecule has 3 saturated heterocycles. The van der Waals surface area contributed by atoms with Crippen LogP contribution in [0.25, 0.3) is 0 Å². The molecule has 5 rings (SSSR count). The molecular weight excluding hydrogens is 458 g/mol. The molecule has 5 atom stereocenters. The van der Waals surface area contributed by atoms with Crippen LogP contribution in [0.5, 0.6) is 5.75 Å². The number of carbonyl (C=O) groups excluding carboxylic acids is 1. The Labute approximate surface area is 204 Å². The lowest BCUT2D eigenvalue weighted by Gasteiger charge is -2.62. The Morgan fingerprint density at radius 2 is 2.09 bits per heavy atom. The second-order valence-electron chi connectivity index (χ2n) is 10.1. The number of hydrogen-bond acceptors (Lipinski definition) is 7. The summed E-state index contributed by atoms with van der Waals surface area (Å²) in [4.78, 5) is 15.2. The maximum Gasteiger partial charge on any atom is 0.337 e. The fourth-order valence-electron chi connectivity index (χ4n) is 7.38. The third-order valence-corrected chi connectivity index (χ3v) is 8.79. The van der Waals surface area contributed by atoms with Crippen LogP contribution in [0, 0.1) is 23.5 Å². The molecule has 0 aliphatic carbocycles. The lowest BCUT2D eigenvalue weighted by molar-refractivity contribution is -0.188. The van der Waals surface area contributed by atoms with Gasteiger partial charge in [-0.05, 0) is 37.5 Å². The molecule has 0 amide bonds. The van der Waals surface area contributed by atoms with Crippen molar-refractivity contribution in [3.63, 3.8) is 0 Å². The topological polar surface area (TPSA) is 69.3 Å². The van der Waals surface area contributed by atoms with Crippen LogP contribution in [0.2, 0.25) is 0 Å². The maximum absolute atomic E-state index is 15.2. The van der Waals surface area contributed by atoms with Crippen LogP contribution in [0.3, 0.4) is 0 Å².